The number of fused-ring (bicyclic) bond motifs is 1. The number of rotatable bonds is 2. The number of piperazine rings is 1. The van der Waals surface area contributed by atoms with Crippen LogP contribution in [0.1, 0.15) is 31.1 Å². The smallest absolute Gasteiger partial charge is 0.254 e. The topological polar surface area (TPSA) is 42.0 Å². The molecule has 0 unspecified atom stereocenters. The second kappa shape index (κ2) is 5.80. The molecule has 1 saturated heterocycles. The van der Waals surface area contributed by atoms with Crippen LogP contribution in [0.4, 0.5) is 0 Å². The number of carbonyl (C=O) groups is 1. The first-order valence-corrected chi connectivity index (χ1v) is 7.84. The van der Waals surface area contributed by atoms with Crippen molar-refractivity contribution in [1.82, 2.24) is 9.80 Å². The van der Waals surface area contributed by atoms with Crippen molar-refractivity contribution in [2.75, 3.05) is 39.5 Å². The Bertz CT molecular complexity index is 558. The minimum Gasteiger partial charge on any atom is -0.454 e. The Labute approximate surface area is 131 Å². The molecule has 2 aliphatic heterocycles. The minimum atomic E-state index is 0.0775. The van der Waals surface area contributed by atoms with Crippen LogP contribution in [0.25, 0.3) is 0 Å². The summed E-state index contributed by atoms with van der Waals surface area (Å²) in [7, 11) is 0. The van der Waals surface area contributed by atoms with E-state index in [1.54, 1.807) is 6.07 Å². The minimum absolute atomic E-state index is 0.0775. The molecule has 2 aliphatic rings. The van der Waals surface area contributed by atoms with Crippen LogP contribution in [-0.4, -0.2) is 55.2 Å². The number of hydrogen-bond acceptors (Lipinski definition) is 4. The maximum atomic E-state index is 12.6. The van der Waals surface area contributed by atoms with Crippen LogP contribution in [0.5, 0.6) is 11.5 Å². The van der Waals surface area contributed by atoms with E-state index >= 15 is 0 Å². The van der Waals surface area contributed by atoms with Gasteiger partial charge in [-0.05, 0) is 23.6 Å². The highest BCUT2D eigenvalue weighted by Gasteiger charge is 2.25. The van der Waals surface area contributed by atoms with Crippen LogP contribution in [0.15, 0.2) is 18.2 Å². The summed E-state index contributed by atoms with van der Waals surface area (Å²) in [6, 6.07) is 5.41. The van der Waals surface area contributed by atoms with Gasteiger partial charge in [0.2, 0.25) is 6.79 Å². The second-order valence-electron chi connectivity index (χ2n) is 7.20. The van der Waals surface area contributed by atoms with Gasteiger partial charge >= 0.3 is 0 Å². The van der Waals surface area contributed by atoms with Crippen LogP contribution in [0.3, 0.4) is 0 Å². The van der Waals surface area contributed by atoms with Crippen LogP contribution >= 0.6 is 0 Å². The van der Waals surface area contributed by atoms with E-state index in [2.05, 4.69) is 25.7 Å². The van der Waals surface area contributed by atoms with E-state index in [0.29, 0.717) is 22.5 Å². The monoisotopic (exact) mass is 304 g/mol. The second-order valence-corrected chi connectivity index (χ2v) is 7.20. The average Bonchev–Trinajstić information content (AvgIpc) is 2.93. The first-order chi connectivity index (χ1) is 10.4. The van der Waals surface area contributed by atoms with Crippen LogP contribution in [0.2, 0.25) is 0 Å². The highest BCUT2D eigenvalue weighted by molar-refractivity contribution is 5.95. The van der Waals surface area contributed by atoms with Gasteiger partial charge in [-0.3, -0.25) is 9.69 Å². The van der Waals surface area contributed by atoms with Gasteiger partial charge < -0.3 is 14.4 Å². The molecule has 0 saturated carbocycles. The molecule has 0 radical (unpaired) electrons. The number of hydrogen-bond donors (Lipinski definition) is 0. The predicted molar refractivity (Wildman–Crippen MR) is 84.4 cm³/mol. The molecule has 120 valence electrons. The summed E-state index contributed by atoms with van der Waals surface area (Å²) in [6.07, 6.45) is 0. The van der Waals surface area contributed by atoms with Crippen molar-refractivity contribution in [3.63, 3.8) is 0 Å². The normalized spacial score (nSPS) is 18.6. The fourth-order valence-electron chi connectivity index (χ4n) is 2.99. The van der Waals surface area contributed by atoms with E-state index in [-0.39, 0.29) is 12.7 Å². The summed E-state index contributed by atoms with van der Waals surface area (Å²) in [4.78, 5) is 17.0. The molecule has 1 amide bonds. The summed E-state index contributed by atoms with van der Waals surface area (Å²) < 4.78 is 10.6. The number of carbonyl (C=O) groups excluding carboxylic acids is 1. The van der Waals surface area contributed by atoms with E-state index in [9.17, 15) is 4.79 Å². The molecule has 1 aromatic rings. The van der Waals surface area contributed by atoms with Crippen molar-refractivity contribution in [1.29, 1.82) is 0 Å². The third kappa shape index (κ3) is 3.35. The van der Waals surface area contributed by atoms with Crippen LogP contribution in [0, 0.1) is 5.41 Å². The molecule has 1 aromatic carbocycles. The molecule has 0 aromatic heterocycles. The first-order valence-electron chi connectivity index (χ1n) is 7.84. The molecule has 5 heteroatoms. The Morgan fingerprint density at radius 2 is 1.77 bits per heavy atom. The Kier molecular flexibility index (Phi) is 4.00. The molecule has 0 spiro atoms. The highest BCUT2D eigenvalue weighted by Crippen LogP contribution is 2.32. The Hall–Kier alpha value is -1.75. The predicted octanol–water partition coefficient (Wildman–Crippen LogP) is 2.22. The zero-order valence-corrected chi connectivity index (χ0v) is 13.6. The largest absolute Gasteiger partial charge is 0.454 e. The maximum Gasteiger partial charge on any atom is 0.254 e. The lowest BCUT2D eigenvalue weighted by atomic mass is 9.96. The lowest BCUT2D eigenvalue weighted by Crippen LogP contribution is -2.50. The van der Waals surface area contributed by atoms with Crippen molar-refractivity contribution in [2.45, 2.75) is 20.8 Å². The number of amides is 1. The molecule has 2 heterocycles. The summed E-state index contributed by atoms with van der Waals surface area (Å²) in [6.45, 7) is 11.5. The summed E-state index contributed by atoms with van der Waals surface area (Å²) >= 11 is 0. The summed E-state index contributed by atoms with van der Waals surface area (Å²) in [5, 5.41) is 0. The van der Waals surface area contributed by atoms with Gasteiger partial charge in [-0.25, -0.2) is 0 Å². The zero-order valence-electron chi connectivity index (χ0n) is 13.6. The molecule has 3 rings (SSSR count). The van der Waals surface area contributed by atoms with Gasteiger partial charge in [0.1, 0.15) is 0 Å². The van der Waals surface area contributed by atoms with Crippen molar-refractivity contribution in [3.8, 4) is 11.5 Å². The molecular weight excluding hydrogens is 280 g/mol. The average molecular weight is 304 g/mol. The van der Waals surface area contributed by atoms with Gasteiger partial charge in [0.05, 0.1) is 0 Å². The molecule has 0 atom stereocenters. The van der Waals surface area contributed by atoms with E-state index in [4.69, 9.17) is 9.47 Å². The molecule has 0 N–H and O–H groups in total. The van der Waals surface area contributed by atoms with Crippen molar-refractivity contribution in [3.05, 3.63) is 23.8 Å². The van der Waals surface area contributed by atoms with E-state index in [1.165, 1.54) is 0 Å². The maximum absolute atomic E-state index is 12.6. The number of ether oxygens (including phenoxy) is 2. The fraction of sp³-hybridized carbons (Fsp3) is 0.588. The van der Waals surface area contributed by atoms with Crippen molar-refractivity contribution < 1.29 is 14.3 Å². The summed E-state index contributed by atoms with van der Waals surface area (Å²) in [5.41, 5.74) is 0.970. The quantitative estimate of drug-likeness (QED) is 0.840. The molecular formula is C17H24N2O3. The third-order valence-electron chi connectivity index (χ3n) is 3.98. The first kappa shape index (κ1) is 15.2. The summed E-state index contributed by atoms with van der Waals surface area (Å²) in [5.74, 6) is 1.46. The number of benzene rings is 1. The SMILES string of the molecule is CC(C)(C)CN1CCN(C(=O)c2ccc3c(c2)OCO3)CC1. The zero-order chi connectivity index (χ0) is 15.7. The number of nitrogens with zero attached hydrogens (tertiary/aromatic N) is 2. The van der Waals surface area contributed by atoms with E-state index in [1.807, 2.05) is 17.0 Å². The van der Waals surface area contributed by atoms with Gasteiger partial charge in [0, 0.05) is 38.3 Å². The Morgan fingerprint density at radius 3 is 2.45 bits per heavy atom. The standard InChI is InChI=1S/C17H24N2O3/c1-17(2,3)11-18-6-8-19(9-7-18)16(20)13-4-5-14-15(10-13)22-12-21-14/h4-5,10H,6-9,11-12H2,1-3H3. The van der Waals surface area contributed by atoms with Crippen molar-refractivity contribution in [2.24, 2.45) is 5.41 Å². The van der Waals surface area contributed by atoms with Crippen molar-refractivity contribution >= 4 is 5.91 Å². The van der Waals surface area contributed by atoms with Gasteiger partial charge in [0.15, 0.2) is 11.5 Å². The fourth-order valence-corrected chi connectivity index (χ4v) is 2.99. The Morgan fingerprint density at radius 1 is 1.09 bits per heavy atom. The van der Waals surface area contributed by atoms with Gasteiger partial charge in [-0.1, -0.05) is 20.8 Å². The molecule has 22 heavy (non-hydrogen) atoms. The lowest BCUT2D eigenvalue weighted by molar-refractivity contribution is 0.0591. The van der Waals surface area contributed by atoms with Crippen LogP contribution in [-0.2, 0) is 0 Å². The van der Waals surface area contributed by atoms with Gasteiger partial charge in [0.25, 0.3) is 5.91 Å². The van der Waals surface area contributed by atoms with Crippen LogP contribution < -0.4 is 9.47 Å². The highest BCUT2D eigenvalue weighted by atomic mass is 16.7. The lowest BCUT2D eigenvalue weighted by Gasteiger charge is -2.37. The van der Waals surface area contributed by atoms with Gasteiger partial charge in [-0.15, -0.1) is 0 Å². The third-order valence-corrected chi connectivity index (χ3v) is 3.98. The molecule has 0 aliphatic carbocycles. The van der Waals surface area contributed by atoms with E-state index in [0.717, 1.165) is 32.7 Å². The molecule has 5 nitrogen and oxygen atoms in total. The van der Waals surface area contributed by atoms with Gasteiger partial charge in [-0.2, -0.15) is 0 Å². The molecule has 0 bridgehead atoms. The Balaban J connectivity index is 1.60. The van der Waals surface area contributed by atoms with E-state index < -0.39 is 0 Å². The molecule has 1 fully saturated rings.